The molecule has 0 aromatic heterocycles. The molecule has 14 heavy (non-hydrogen) atoms. The van der Waals surface area contributed by atoms with E-state index in [2.05, 4.69) is 33.4 Å². The molecule has 0 heterocycles. The minimum absolute atomic E-state index is 0.398. The molecule has 0 amide bonds. The fourth-order valence-electron chi connectivity index (χ4n) is 0.994. The molecule has 0 saturated heterocycles. The monoisotopic (exact) mass is 202 g/mol. The predicted octanol–water partition coefficient (Wildman–Crippen LogP) is 3.10. The molecule has 1 atom stereocenters. The molecule has 2 N–H and O–H groups in total. The summed E-state index contributed by atoms with van der Waals surface area (Å²) in [4.78, 5) is 0. The molecule has 0 aliphatic rings. The Morgan fingerprint density at radius 2 is 1.50 bits per heavy atom. The average Bonchev–Trinajstić information content (AvgIpc) is 2.02. The molecule has 0 unspecified atom stereocenters. The lowest BCUT2D eigenvalue weighted by molar-refractivity contribution is -0.127. The zero-order valence-electron chi connectivity index (χ0n) is 10.3. The Bertz CT molecular complexity index is 141. The van der Waals surface area contributed by atoms with Crippen LogP contribution in [0.5, 0.6) is 0 Å². The van der Waals surface area contributed by atoms with Gasteiger partial charge < -0.3 is 10.2 Å². The van der Waals surface area contributed by atoms with E-state index in [0.29, 0.717) is 5.41 Å². The lowest BCUT2D eigenvalue weighted by Crippen LogP contribution is -2.15. The van der Waals surface area contributed by atoms with Gasteiger partial charge in [-0.1, -0.05) is 33.3 Å². The van der Waals surface area contributed by atoms with Crippen LogP contribution in [0.3, 0.4) is 0 Å². The topological polar surface area (TPSA) is 40.5 Å². The van der Waals surface area contributed by atoms with Gasteiger partial charge in [0.1, 0.15) is 0 Å². The van der Waals surface area contributed by atoms with Crippen molar-refractivity contribution in [3.05, 3.63) is 12.7 Å². The summed E-state index contributed by atoms with van der Waals surface area (Å²) < 4.78 is 0. The van der Waals surface area contributed by atoms with Crippen molar-refractivity contribution in [3.8, 4) is 0 Å². The van der Waals surface area contributed by atoms with Crippen LogP contribution < -0.4 is 0 Å². The molecular weight excluding hydrogens is 176 g/mol. The largest absolute Gasteiger partial charge is 0.366 e. The van der Waals surface area contributed by atoms with Crippen molar-refractivity contribution in [1.82, 2.24) is 0 Å². The van der Waals surface area contributed by atoms with E-state index >= 15 is 0 Å². The zero-order valence-corrected chi connectivity index (χ0v) is 10.3. The van der Waals surface area contributed by atoms with Gasteiger partial charge >= 0.3 is 0 Å². The fourth-order valence-corrected chi connectivity index (χ4v) is 0.994. The molecule has 0 bridgehead atoms. The summed E-state index contributed by atoms with van der Waals surface area (Å²) in [7, 11) is 0. The Kier molecular flexibility index (Phi) is 8.07. The van der Waals surface area contributed by atoms with Gasteiger partial charge in [0.2, 0.25) is 0 Å². The van der Waals surface area contributed by atoms with E-state index in [4.69, 9.17) is 10.2 Å². The van der Waals surface area contributed by atoms with Crippen LogP contribution in [-0.2, 0) is 0 Å². The molecule has 0 saturated carbocycles. The van der Waals surface area contributed by atoms with Gasteiger partial charge in [-0.25, -0.2) is 0 Å². The normalized spacial score (nSPS) is 15.1. The number of allylic oxidation sites excluding steroid dienone is 1. The van der Waals surface area contributed by atoms with Gasteiger partial charge in [-0.15, -0.1) is 6.58 Å². The number of hydrogen-bond acceptors (Lipinski definition) is 2. The quantitative estimate of drug-likeness (QED) is 0.543. The maximum atomic E-state index is 8.08. The van der Waals surface area contributed by atoms with Crippen molar-refractivity contribution in [2.75, 3.05) is 0 Å². The summed E-state index contributed by atoms with van der Waals surface area (Å²) in [6.07, 6.45) is 5.82. The summed E-state index contributed by atoms with van der Waals surface area (Å²) in [6, 6.07) is 0. The highest BCUT2D eigenvalue weighted by molar-refractivity contribution is 4.89. The molecule has 0 spiro atoms. The van der Waals surface area contributed by atoms with Crippen LogP contribution in [0.1, 0.15) is 53.9 Å². The summed E-state index contributed by atoms with van der Waals surface area (Å²) in [5.74, 6) is -1.50. The standard InChI is InChI=1S/C9H18.C3H8O2/c1-5-8-9(4,6-2)7-3;1-3(2,4)5/h6H,2,5,7-8H2,1,3-4H3;4-5H,1-2H3/t9-;/m0./s1. The summed E-state index contributed by atoms with van der Waals surface area (Å²) >= 11 is 0. The van der Waals surface area contributed by atoms with Crippen molar-refractivity contribution in [2.45, 2.75) is 59.7 Å². The van der Waals surface area contributed by atoms with Crippen molar-refractivity contribution < 1.29 is 10.2 Å². The fraction of sp³-hybridized carbons (Fsp3) is 0.833. The maximum absolute atomic E-state index is 8.08. The molecule has 0 aromatic carbocycles. The first-order chi connectivity index (χ1) is 6.18. The molecule has 86 valence electrons. The van der Waals surface area contributed by atoms with Gasteiger partial charge in [0.25, 0.3) is 0 Å². The van der Waals surface area contributed by atoms with Crippen LogP contribution in [0.25, 0.3) is 0 Å². The van der Waals surface area contributed by atoms with E-state index in [1.54, 1.807) is 0 Å². The van der Waals surface area contributed by atoms with Crippen LogP contribution in [-0.4, -0.2) is 16.0 Å². The average molecular weight is 202 g/mol. The molecular formula is C12H26O2. The van der Waals surface area contributed by atoms with Crippen molar-refractivity contribution in [1.29, 1.82) is 0 Å². The van der Waals surface area contributed by atoms with Gasteiger partial charge in [0.05, 0.1) is 0 Å². The third-order valence-electron chi connectivity index (χ3n) is 2.12. The first-order valence-corrected chi connectivity index (χ1v) is 5.27. The summed E-state index contributed by atoms with van der Waals surface area (Å²) in [6.45, 7) is 13.1. The predicted molar refractivity (Wildman–Crippen MR) is 62.0 cm³/mol. The van der Waals surface area contributed by atoms with Gasteiger partial charge in [0.15, 0.2) is 5.79 Å². The van der Waals surface area contributed by atoms with Crippen LogP contribution >= 0.6 is 0 Å². The van der Waals surface area contributed by atoms with Crippen LogP contribution in [0.4, 0.5) is 0 Å². The van der Waals surface area contributed by atoms with E-state index in [0.717, 1.165) is 0 Å². The van der Waals surface area contributed by atoms with Gasteiger partial charge in [0, 0.05) is 0 Å². The minimum Gasteiger partial charge on any atom is -0.366 e. The zero-order chi connectivity index (χ0) is 11.8. The summed E-state index contributed by atoms with van der Waals surface area (Å²) in [5.41, 5.74) is 0.398. The summed E-state index contributed by atoms with van der Waals surface area (Å²) in [5, 5.41) is 16.2. The third kappa shape index (κ3) is 14.2. The number of rotatable bonds is 4. The Hall–Kier alpha value is -0.340. The van der Waals surface area contributed by atoms with Crippen LogP contribution in [0.2, 0.25) is 0 Å². The lowest BCUT2D eigenvalue weighted by atomic mass is 9.83. The van der Waals surface area contributed by atoms with E-state index in [-0.39, 0.29) is 0 Å². The van der Waals surface area contributed by atoms with Crippen molar-refractivity contribution in [2.24, 2.45) is 5.41 Å². The molecule has 0 radical (unpaired) electrons. The van der Waals surface area contributed by atoms with Crippen molar-refractivity contribution in [3.63, 3.8) is 0 Å². The van der Waals surface area contributed by atoms with E-state index in [9.17, 15) is 0 Å². The minimum atomic E-state index is -1.50. The molecule has 0 aliphatic heterocycles. The van der Waals surface area contributed by atoms with Crippen LogP contribution in [0, 0.1) is 5.41 Å². The molecule has 0 fully saturated rings. The second-order valence-corrected chi connectivity index (χ2v) is 4.46. The second kappa shape index (κ2) is 7.02. The molecule has 0 rings (SSSR count). The Morgan fingerprint density at radius 1 is 1.14 bits per heavy atom. The highest BCUT2D eigenvalue weighted by Crippen LogP contribution is 2.27. The maximum Gasteiger partial charge on any atom is 0.156 e. The molecule has 2 heteroatoms. The molecule has 2 nitrogen and oxygen atoms in total. The third-order valence-corrected chi connectivity index (χ3v) is 2.12. The van der Waals surface area contributed by atoms with E-state index < -0.39 is 5.79 Å². The van der Waals surface area contributed by atoms with E-state index in [1.165, 1.54) is 33.1 Å². The first-order valence-electron chi connectivity index (χ1n) is 5.27. The van der Waals surface area contributed by atoms with Gasteiger partial charge in [-0.05, 0) is 32.1 Å². The van der Waals surface area contributed by atoms with Crippen molar-refractivity contribution >= 4 is 0 Å². The SMILES string of the molecule is C=C[C@@](C)(CC)CCC.CC(C)(O)O. The van der Waals surface area contributed by atoms with Gasteiger partial charge in [-0.3, -0.25) is 0 Å². The Morgan fingerprint density at radius 3 is 1.57 bits per heavy atom. The Labute approximate surface area is 88.7 Å². The molecule has 0 aromatic rings. The van der Waals surface area contributed by atoms with E-state index in [1.807, 2.05) is 0 Å². The molecule has 0 aliphatic carbocycles. The smallest absolute Gasteiger partial charge is 0.156 e. The van der Waals surface area contributed by atoms with Crippen LogP contribution in [0.15, 0.2) is 12.7 Å². The lowest BCUT2D eigenvalue weighted by Gasteiger charge is -2.22. The highest BCUT2D eigenvalue weighted by Gasteiger charge is 2.14. The first kappa shape index (κ1) is 16.1. The Balaban J connectivity index is 0. The van der Waals surface area contributed by atoms with Gasteiger partial charge in [-0.2, -0.15) is 0 Å². The second-order valence-electron chi connectivity index (χ2n) is 4.46. The number of aliphatic hydroxyl groups is 2. The highest BCUT2D eigenvalue weighted by atomic mass is 16.5. The number of hydrogen-bond donors (Lipinski definition) is 2.